The van der Waals surface area contributed by atoms with Crippen molar-refractivity contribution < 1.29 is 0 Å². The second-order valence-electron chi connectivity index (χ2n) is 6.97. The van der Waals surface area contributed by atoms with E-state index in [1.165, 1.54) is 65.0 Å². The molecule has 1 aliphatic heterocycles. The summed E-state index contributed by atoms with van der Waals surface area (Å²) in [6, 6.07) is 0.834. The smallest absolute Gasteiger partial charge is 0.0110 e. The van der Waals surface area contributed by atoms with Gasteiger partial charge in [0.15, 0.2) is 0 Å². The third-order valence-corrected chi connectivity index (χ3v) is 4.91. The first kappa shape index (κ1) is 14.3. The molecule has 0 aromatic heterocycles. The van der Waals surface area contributed by atoms with E-state index in [9.17, 15) is 0 Å². The molecule has 2 fully saturated rings. The van der Waals surface area contributed by atoms with Gasteiger partial charge in [-0.25, -0.2) is 0 Å². The molecule has 2 aliphatic rings. The highest BCUT2D eigenvalue weighted by Crippen LogP contribution is 2.36. The summed E-state index contributed by atoms with van der Waals surface area (Å²) in [4.78, 5) is 5.21. The molecule has 3 nitrogen and oxygen atoms in total. The minimum absolute atomic E-state index is 0.593. The van der Waals surface area contributed by atoms with E-state index in [4.69, 9.17) is 0 Å². The Kier molecular flexibility index (Phi) is 5.05. The van der Waals surface area contributed by atoms with Gasteiger partial charge in [-0.3, -0.25) is 4.90 Å². The van der Waals surface area contributed by atoms with E-state index in [-0.39, 0.29) is 0 Å². The monoisotopic (exact) mass is 253 g/mol. The van der Waals surface area contributed by atoms with Crippen LogP contribution < -0.4 is 5.32 Å². The highest BCUT2D eigenvalue weighted by atomic mass is 15.2. The minimum Gasteiger partial charge on any atom is -0.314 e. The molecular weight excluding hydrogens is 222 g/mol. The number of nitrogens with zero attached hydrogens (tertiary/aromatic N) is 2. The van der Waals surface area contributed by atoms with Gasteiger partial charge in [-0.2, -0.15) is 0 Å². The molecule has 18 heavy (non-hydrogen) atoms. The molecule has 3 heteroatoms. The number of nitrogens with one attached hydrogen (secondary N) is 1. The molecule has 2 rings (SSSR count). The molecule has 1 N–H and O–H groups in total. The maximum atomic E-state index is 3.42. The second-order valence-corrected chi connectivity index (χ2v) is 6.97. The Balaban J connectivity index is 1.66. The van der Waals surface area contributed by atoms with Gasteiger partial charge in [0.05, 0.1) is 0 Å². The quantitative estimate of drug-likeness (QED) is 0.824. The Morgan fingerprint density at radius 1 is 1.17 bits per heavy atom. The number of piperazine rings is 1. The number of likely N-dealkylation sites (N-methyl/N-ethyl adjacent to an activating group) is 1. The lowest BCUT2D eigenvalue weighted by Gasteiger charge is -2.39. The number of hydrogen-bond donors (Lipinski definition) is 1. The maximum Gasteiger partial charge on any atom is 0.0110 e. The minimum atomic E-state index is 0.593. The maximum absolute atomic E-state index is 3.42. The van der Waals surface area contributed by atoms with Gasteiger partial charge >= 0.3 is 0 Å². The molecule has 0 amide bonds. The Morgan fingerprint density at radius 2 is 1.78 bits per heavy atom. The van der Waals surface area contributed by atoms with Gasteiger partial charge in [-0.05, 0) is 38.1 Å². The summed E-state index contributed by atoms with van der Waals surface area (Å²) < 4.78 is 0. The van der Waals surface area contributed by atoms with Gasteiger partial charge in [-0.15, -0.1) is 0 Å². The molecule has 1 heterocycles. The highest BCUT2D eigenvalue weighted by Gasteiger charge is 2.28. The first-order chi connectivity index (χ1) is 8.57. The van der Waals surface area contributed by atoms with Crippen LogP contribution >= 0.6 is 0 Å². The molecule has 0 unspecified atom stereocenters. The summed E-state index contributed by atoms with van der Waals surface area (Å²) in [5.41, 5.74) is 0.593. The van der Waals surface area contributed by atoms with Crippen LogP contribution in [0.4, 0.5) is 0 Å². The van der Waals surface area contributed by atoms with Crippen molar-refractivity contribution >= 4 is 0 Å². The van der Waals surface area contributed by atoms with Gasteiger partial charge in [0.1, 0.15) is 0 Å². The molecule has 0 atom stereocenters. The van der Waals surface area contributed by atoms with Crippen LogP contribution in [0.1, 0.15) is 39.5 Å². The van der Waals surface area contributed by atoms with E-state index in [1.807, 2.05) is 0 Å². The topological polar surface area (TPSA) is 18.5 Å². The Labute approximate surface area is 113 Å². The molecular formula is C15H31N3. The summed E-state index contributed by atoms with van der Waals surface area (Å²) in [5, 5.41) is 3.42. The lowest BCUT2D eigenvalue weighted by atomic mass is 9.75. The van der Waals surface area contributed by atoms with Crippen LogP contribution in [0.25, 0.3) is 0 Å². The van der Waals surface area contributed by atoms with Crippen LogP contribution in [0.3, 0.4) is 0 Å². The van der Waals surface area contributed by atoms with Crippen molar-refractivity contribution in [2.24, 2.45) is 5.41 Å². The summed E-state index contributed by atoms with van der Waals surface area (Å²) in [6.45, 7) is 12.1. The molecule has 0 spiro atoms. The average molecular weight is 253 g/mol. The first-order valence-corrected chi connectivity index (χ1v) is 7.70. The molecule has 1 saturated carbocycles. The fraction of sp³-hybridized carbons (Fsp3) is 1.00. The van der Waals surface area contributed by atoms with Crippen molar-refractivity contribution in [1.82, 2.24) is 15.1 Å². The standard InChI is InChI=1S/C15H31N3/c1-15(2)6-4-14(5-7-15)17(3)12-13-18-10-8-16-9-11-18/h14,16H,4-13H2,1-3H3. The average Bonchev–Trinajstić information content (AvgIpc) is 2.37. The van der Waals surface area contributed by atoms with Gasteiger partial charge < -0.3 is 10.2 Å². The zero-order chi connectivity index (χ0) is 13.0. The zero-order valence-corrected chi connectivity index (χ0v) is 12.5. The van der Waals surface area contributed by atoms with Crippen LogP contribution in [0.15, 0.2) is 0 Å². The summed E-state index contributed by atoms with van der Waals surface area (Å²) in [6.07, 6.45) is 5.58. The molecule has 0 bridgehead atoms. The van der Waals surface area contributed by atoms with Gasteiger partial charge in [-0.1, -0.05) is 13.8 Å². The lowest BCUT2D eigenvalue weighted by molar-refractivity contribution is 0.113. The first-order valence-electron chi connectivity index (χ1n) is 7.70. The van der Waals surface area contributed by atoms with Crippen LogP contribution in [-0.4, -0.2) is 62.2 Å². The summed E-state index contributed by atoms with van der Waals surface area (Å²) >= 11 is 0. The van der Waals surface area contributed by atoms with Crippen LogP contribution in [0, 0.1) is 5.41 Å². The Bertz CT molecular complexity index is 236. The Morgan fingerprint density at radius 3 is 2.39 bits per heavy atom. The Hall–Kier alpha value is -0.120. The molecule has 0 aromatic rings. The van der Waals surface area contributed by atoms with E-state index < -0.39 is 0 Å². The van der Waals surface area contributed by atoms with E-state index in [1.54, 1.807) is 0 Å². The SMILES string of the molecule is CN(CCN1CCNCC1)C1CCC(C)(C)CC1. The van der Waals surface area contributed by atoms with Crippen LogP contribution in [0.5, 0.6) is 0 Å². The molecule has 0 aromatic carbocycles. The second kappa shape index (κ2) is 6.36. The van der Waals surface area contributed by atoms with Gasteiger partial charge in [0.2, 0.25) is 0 Å². The van der Waals surface area contributed by atoms with E-state index >= 15 is 0 Å². The van der Waals surface area contributed by atoms with Crippen molar-refractivity contribution in [2.45, 2.75) is 45.6 Å². The molecule has 1 aliphatic carbocycles. The highest BCUT2D eigenvalue weighted by molar-refractivity contribution is 4.83. The predicted octanol–water partition coefficient (Wildman–Crippen LogP) is 1.79. The summed E-state index contributed by atoms with van der Waals surface area (Å²) in [7, 11) is 2.32. The largest absolute Gasteiger partial charge is 0.314 e. The summed E-state index contributed by atoms with van der Waals surface area (Å²) in [5.74, 6) is 0. The normalized spacial score (nSPS) is 26.7. The molecule has 1 saturated heterocycles. The van der Waals surface area contributed by atoms with Crippen molar-refractivity contribution in [1.29, 1.82) is 0 Å². The third kappa shape index (κ3) is 4.22. The van der Waals surface area contributed by atoms with E-state index in [0.717, 1.165) is 6.04 Å². The molecule has 0 radical (unpaired) electrons. The third-order valence-electron chi connectivity index (χ3n) is 4.91. The van der Waals surface area contributed by atoms with Crippen molar-refractivity contribution in [3.63, 3.8) is 0 Å². The van der Waals surface area contributed by atoms with Gasteiger partial charge in [0, 0.05) is 45.3 Å². The van der Waals surface area contributed by atoms with Crippen molar-refractivity contribution in [2.75, 3.05) is 46.3 Å². The van der Waals surface area contributed by atoms with Crippen molar-refractivity contribution in [3.05, 3.63) is 0 Å². The predicted molar refractivity (Wildman–Crippen MR) is 78.0 cm³/mol. The van der Waals surface area contributed by atoms with Gasteiger partial charge in [0.25, 0.3) is 0 Å². The molecule has 106 valence electrons. The zero-order valence-electron chi connectivity index (χ0n) is 12.5. The van der Waals surface area contributed by atoms with Crippen LogP contribution in [0.2, 0.25) is 0 Å². The van der Waals surface area contributed by atoms with Crippen molar-refractivity contribution in [3.8, 4) is 0 Å². The fourth-order valence-electron chi connectivity index (χ4n) is 3.24. The van der Waals surface area contributed by atoms with E-state index in [2.05, 4.69) is 36.0 Å². The van der Waals surface area contributed by atoms with E-state index in [0.29, 0.717) is 5.41 Å². The lowest BCUT2D eigenvalue weighted by Crippen LogP contribution is -2.47. The number of hydrogen-bond acceptors (Lipinski definition) is 3. The number of rotatable bonds is 4. The van der Waals surface area contributed by atoms with Crippen LogP contribution in [-0.2, 0) is 0 Å². The fourth-order valence-corrected chi connectivity index (χ4v) is 3.24.